The monoisotopic (exact) mass is 285 g/mol. The average Bonchev–Trinajstić information content (AvgIpc) is 2.46. The van der Waals surface area contributed by atoms with Crippen LogP contribution in [0.15, 0.2) is 0 Å². The van der Waals surface area contributed by atoms with E-state index < -0.39 is 6.10 Å². The molecule has 0 aromatic carbocycles. The van der Waals surface area contributed by atoms with Gasteiger partial charge in [-0.3, -0.25) is 4.79 Å². The van der Waals surface area contributed by atoms with Gasteiger partial charge in [0.2, 0.25) is 5.91 Å². The van der Waals surface area contributed by atoms with Crippen LogP contribution in [0.1, 0.15) is 77.6 Å². The van der Waals surface area contributed by atoms with Gasteiger partial charge in [0.25, 0.3) is 0 Å². The van der Waals surface area contributed by atoms with E-state index in [0.29, 0.717) is 0 Å². The van der Waals surface area contributed by atoms with Crippen molar-refractivity contribution in [2.75, 3.05) is 6.61 Å². The lowest BCUT2D eigenvalue weighted by Gasteiger charge is -2.26. The minimum Gasteiger partial charge on any atom is -0.367 e. The van der Waals surface area contributed by atoms with Crippen LogP contribution < -0.4 is 5.73 Å². The Kier molecular flexibility index (Phi) is 9.67. The summed E-state index contributed by atoms with van der Waals surface area (Å²) < 4.78 is 11.2. The Balaban J connectivity index is 2.10. The van der Waals surface area contributed by atoms with Gasteiger partial charge >= 0.3 is 0 Å². The SMILES string of the molecule is CCCCCCCCCC(OC1CCCCO1)C(N)=O. The van der Waals surface area contributed by atoms with E-state index in [4.69, 9.17) is 15.2 Å². The van der Waals surface area contributed by atoms with Crippen molar-refractivity contribution < 1.29 is 14.3 Å². The second-order valence-electron chi connectivity index (χ2n) is 5.73. The maximum atomic E-state index is 11.4. The van der Waals surface area contributed by atoms with Crippen LogP contribution in [0.3, 0.4) is 0 Å². The first-order valence-corrected chi connectivity index (χ1v) is 8.30. The van der Waals surface area contributed by atoms with Crippen LogP contribution in [0.25, 0.3) is 0 Å². The molecule has 0 saturated carbocycles. The average molecular weight is 285 g/mol. The van der Waals surface area contributed by atoms with E-state index in [-0.39, 0.29) is 12.2 Å². The molecule has 1 rings (SSSR count). The Morgan fingerprint density at radius 1 is 1.20 bits per heavy atom. The van der Waals surface area contributed by atoms with Crippen molar-refractivity contribution in [3.8, 4) is 0 Å². The first-order valence-electron chi connectivity index (χ1n) is 8.30. The Bertz CT molecular complexity index is 252. The standard InChI is InChI=1S/C16H31NO3/c1-2-3-4-5-6-7-8-11-14(16(17)18)20-15-12-9-10-13-19-15/h14-15H,2-13H2,1H3,(H2,17,18). The molecule has 4 heteroatoms. The fourth-order valence-electron chi connectivity index (χ4n) is 2.57. The van der Waals surface area contributed by atoms with Crippen molar-refractivity contribution in [2.45, 2.75) is 89.9 Å². The summed E-state index contributed by atoms with van der Waals surface area (Å²) in [7, 11) is 0. The summed E-state index contributed by atoms with van der Waals surface area (Å²) >= 11 is 0. The molecule has 1 fully saturated rings. The third-order valence-electron chi connectivity index (χ3n) is 3.84. The number of rotatable bonds is 11. The molecule has 2 unspecified atom stereocenters. The van der Waals surface area contributed by atoms with Gasteiger partial charge in [0.05, 0.1) is 0 Å². The van der Waals surface area contributed by atoms with E-state index in [2.05, 4.69) is 6.92 Å². The zero-order chi connectivity index (χ0) is 14.6. The predicted molar refractivity (Wildman–Crippen MR) is 80.3 cm³/mol. The fourth-order valence-corrected chi connectivity index (χ4v) is 2.57. The summed E-state index contributed by atoms with van der Waals surface area (Å²) in [5.41, 5.74) is 5.41. The summed E-state index contributed by atoms with van der Waals surface area (Å²) in [6, 6.07) is 0. The lowest BCUT2D eigenvalue weighted by Crippen LogP contribution is -2.36. The maximum absolute atomic E-state index is 11.4. The molecule has 1 heterocycles. The third kappa shape index (κ3) is 7.85. The van der Waals surface area contributed by atoms with Crippen molar-refractivity contribution in [3.63, 3.8) is 0 Å². The second-order valence-corrected chi connectivity index (χ2v) is 5.73. The summed E-state index contributed by atoms with van der Waals surface area (Å²) in [5, 5.41) is 0. The van der Waals surface area contributed by atoms with E-state index in [0.717, 1.165) is 45.1 Å². The van der Waals surface area contributed by atoms with Crippen molar-refractivity contribution in [2.24, 2.45) is 5.73 Å². The van der Waals surface area contributed by atoms with Crippen LogP contribution in [0.4, 0.5) is 0 Å². The highest BCUT2D eigenvalue weighted by molar-refractivity contribution is 5.78. The number of hydrogen-bond donors (Lipinski definition) is 1. The quantitative estimate of drug-likeness (QED) is 0.591. The molecule has 0 aromatic rings. The molecule has 0 aliphatic carbocycles. The summed E-state index contributed by atoms with van der Waals surface area (Å²) in [4.78, 5) is 11.4. The van der Waals surface area contributed by atoms with Gasteiger partial charge in [0.15, 0.2) is 6.29 Å². The van der Waals surface area contributed by atoms with Gasteiger partial charge in [-0.25, -0.2) is 0 Å². The van der Waals surface area contributed by atoms with Gasteiger partial charge in [0, 0.05) is 6.61 Å². The molecule has 0 bridgehead atoms. The Hall–Kier alpha value is -0.610. The molecule has 20 heavy (non-hydrogen) atoms. The zero-order valence-electron chi connectivity index (χ0n) is 12.9. The van der Waals surface area contributed by atoms with E-state index >= 15 is 0 Å². The Morgan fingerprint density at radius 3 is 2.50 bits per heavy atom. The van der Waals surface area contributed by atoms with Gasteiger partial charge in [-0.05, 0) is 25.7 Å². The van der Waals surface area contributed by atoms with Gasteiger partial charge in [-0.1, -0.05) is 51.9 Å². The highest BCUT2D eigenvalue weighted by atomic mass is 16.7. The number of carbonyl (C=O) groups excluding carboxylic acids is 1. The molecule has 2 N–H and O–H groups in total. The zero-order valence-corrected chi connectivity index (χ0v) is 12.9. The molecular formula is C16H31NO3. The molecule has 1 aliphatic rings. The predicted octanol–water partition coefficient (Wildman–Crippen LogP) is 3.52. The van der Waals surface area contributed by atoms with Crippen LogP contribution in [0.5, 0.6) is 0 Å². The lowest BCUT2D eigenvalue weighted by atomic mass is 10.1. The topological polar surface area (TPSA) is 61.6 Å². The fraction of sp³-hybridized carbons (Fsp3) is 0.938. The third-order valence-corrected chi connectivity index (χ3v) is 3.84. The van der Waals surface area contributed by atoms with E-state index in [1.807, 2.05) is 0 Å². The Labute approximate surface area is 123 Å². The van der Waals surface area contributed by atoms with E-state index in [1.165, 1.54) is 32.1 Å². The van der Waals surface area contributed by atoms with E-state index in [9.17, 15) is 4.79 Å². The first kappa shape index (κ1) is 17.4. The largest absolute Gasteiger partial charge is 0.367 e. The molecule has 4 nitrogen and oxygen atoms in total. The van der Waals surface area contributed by atoms with Crippen molar-refractivity contribution >= 4 is 5.91 Å². The number of amides is 1. The highest BCUT2D eigenvalue weighted by Gasteiger charge is 2.23. The molecule has 118 valence electrons. The molecule has 1 aliphatic heterocycles. The molecule has 1 amide bonds. The van der Waals surface area contributed by atoms with Gasteiger partial charge < -0.3 is 15.2 Å². The molecule has 2 atom stereocenters. The minimum atomic E-state index is -0.478. The van der Waals surface area contributed by atoms with Gasteiger partial charge in [-0.2, -0.15) is 0 Å². The first-order chi connectivity index (χ1) is 9.74. The summed E-state index contributed by atoms with van der Waals surface area (Å²) in [6.45, 7) is 2.95. The Morgan fingerprint density at radius 2 is 1.90 bits per heavy atom. The number of primary amides is 1. The normalized spacial score (nSPS) is 20.8. The lowest BCUT2D eigenvalue weighted by molar-refractivity contribution is -0.192. The van der Waals surface area contributed by atoms with Crippen molar-refractivity contribution in [1.82, 2.24) is 0 Å². The van der Waals surface area contributed by atoms with Crippen LogP contribution >= 0.6 is 0 Å². The maximum Gasteiger partial charge on any atom is 0.246 e. The smallest absolute Gasteiger partial charge is 0.246 e. The van der Waals surface area contributed by atoms with Crippen LogP contribution in [0.2, 0.25) is 0 Å². The summed E-state index contributed by atoms with van der Waals surface area (Å²) in [5.74, 6) is -0.356. The number of hydrogen-bond acceptors (Lipinski definition) is 3. The van der Waals surface area contributed by atoms with Crippen LogP contribution in [-0.4, -0.2) is 24.9 Å². The molecule has 0 spiro atoms. The number of nitrogens with two attached hydrogens (primary N) is 1. The number of ether oxygens (including phenoxy) is 2. The van der Waals surface area contributed by atoms with Crippen LogP contribution in [-0.2, 0) is 14.3 Å². The molecule has 0 aromatic heterocycles. The van der Waals surface area contributed by atoms with Gasteiger partial charge in [-0.15, -0.1) is 0 Å². The summed E-state index contributed by atoms with van der Waals surface area (Å²) in [6.07, 6.45) is 11.7. The second kappa shape index (κ2) is 11.1. The van der Waals surface area contributed by atoms with Crippen molar-refractivity contribution in [3.05, 3.63) is 0 Å². The minimum absolute atomic E-state index is 0.231. The number of carbonyl (C=O) groups is 1. The molecule has 1 saturated heterocycles. The van der Waals surface area contributed by atoms with Gasteiger partial charge in [0.1, 0.15) is 6.10 Å². The van der Waals surface area contributed by atoms with Crippen molar-refractivity contribution in [1.29, 1.82) is 0 Å². The highest BCUT2D eigenvalue weighted by Crippen LogP contribution is 2.18. The van der Waals surface area contributed by atoms with Crippen LogP contribution in [0, 0.1) is 0 Å². The van der Waals surface area contributed by atoms with E-state index in [1.54, 1.807) is 0 Å². The molecule has 0 radical (unpaired) electrons. The molecular weight excluding hydrogens is 254 g/mol. The number of unbranched alkanes of at least 4 members (excludes halogenated alkanes) is 6.